The summed E-state index contributed by atoms with van der Waals surface area (Å²) < 4.78 is 0. The van der Waals surface area contributed by atoms with Gasteiger partial charge in [-0.1, -0.05) is 65.7 Å². The largest absolute Gasteiger partial charge is 0.0654 e. The molecule has 0 heterocycles. The van der Waals surface area contributed by atoms with Gasteiger partial charge in [0.15, 0.2) is 0 Å². The molecule has 0 bridgehead atoms. The minimum absolute atomic E-state index is 0.766. The molecular formula is C21H40. The first kappa shape index (κ1) is 17.4. The topological polar surface area (TPSA) is 0 Å². The molecule has 0 heteroatoms. The Bertz CT molecular complexity index is 280. The normalized spacial score (nSPS) is 24.7. The molecule has 2 rings (SSSR count). The van der Waals surface area contributed by atoms with Crippen molar-refractivity contribution >= 4 is 0 Å². The second-order valence-corrected chi connectivity index (χ2v) is 8.59. The van der Waals surface area contributed by atoms with Crippen molar-refractivity contribution in [2.24, 2.45) is 16.7 Å². The molecule has 0 N–H and O–H groups in total. The zero-order valence-electron chi connectivity index (χ0n) is 15.2. The first-order chi connectivity index (χ1) is 10.2. The summed E-state index contributed by atoms with van der Waals surface area (Å²) in [7, 11) is 0. The molecule has 0 saturated heterocycles. The summed E-state index contributed by atoms with van der Waals surface area (Å²) in [6.07, 6.45) is 22.6. The summed E-state index contributed by atoms with van der Waals surface area (Å²) in [4.78, 5) is 0. The summed E-state index contributed by atoms with van der Waals surface area (Å²) in [5.74, 6) is 1.01. The standard InChI is InChI=1S/C21H40/c1-4-10-19(6-3)11-17-21(15-9-16-21)18-20(12-5-2)13-7-8-14-20/h19H,4-18H2,1-3H3. The van der Waals surface area contributed by atoms with Crippen LogP contribution in [0.4, 0.5) is 0 Å². The molecule has 124 valence electrons. The van der Waals surface area contributed by atoms with E-state index in [-0.39, 0.29) is 0 Å². The highest BCUT2D eigenvalue weighted by Crippen LogP contribution is 2.58. The molecule has 0 amide bonds. The van der Waals surface area contributed by atoms with Crippen molar-refractivity contribution in [1.29, 1.82) is 0 Å². The van der Waals surface area contributed by atoms with Crippen LogP contribution in [0.25, 0.3) is 0 Å². The minimum Gasteiger partial charge on any atom is -0.0654 e. The molecule has 2 saturated carbocycles. The Morgan fingerprint density at radius 2 is 1.33 bits per heavy atom. The van der Waals surface area contributed by atoms with E-state index in [1.54, 1.807) is 38.5 Å². The Morgan fingerprint density at radius 1 is 0.714 bits per heavy atom. The zero-order valence-corrected chi connectivity index (χ0v) is 15.2. The first-order valence-electron chi connectivity index (χ1n) is 10.2. The van der Waals surface area contributed by atoms with E-state index in [0.717, 1.165) is 16.7 Å². The van der Waals surface area contributed by atoms with Crippen LogP contribution in [-0.4, -0.2) is 0 Å². The molecule has 2 fully saturated rings. The minimum atomic E-state index is 0.766. The lowest BCUT2D eigenvalue weighted by Gasteiger charge is -2.49. The average Bonchev–Trinajstić information content (AvgIpc) is 2.89. The molecule has 0 aromatic heterocycles. The van der Waals surface area contributed by atoms with E-state index in [9.17, 15) is 0 Å². The molecule has 21 heavy (non-hydrogen) atoms. The molecule has 0 aliphatic heterocycles. The molecule has 1 unspecified atom stereocenters. The van der Waals surface area contributed by atoms with Crippen LogP contribution in [0.2, 0.25) is 0 Å². The molecule has 0 nitrogen and oxygen atoms in total. The second-order valence-electron chi connectivity index (χ2n) is 8.59. The Morgan fingerprint density at radius 3 is 1.81 bits per heavy atom. The monoisotopic (exact) mass is 292 g/mol. The zero-order chi connectivity index (χ0) is 15.2. The second kappa shape index (κ2) is 8.02. The van der Waals surface area contributed by atoms with Gasteiger partial charge in [0.25, 0.3) is 0 Å². The summed E-state index contributed by atoms with van der Waals surface area (Å²) >= 11 is 0. The van der Waals surface area contributed by atoms with Gasteiger partial charge in [-0.25, -0.2) is 0 Å². The maximum absolute atomic E-state index is 2.41. The van der Waals surface area contributed by atoms with Crippen molar-refractivity contribution in [2.45, 2.75) is 117 Å². The van der Waals surface area contributed by atoms with Crippen molar-refractivity contribution in [3.8, 4) is 0 Å². The van der Waals surface area contributed by atoms with E-state index in [0.29, 0.717) is 0 Å². The Balaban J connectivity index is 1.90. The van der Waals surface area contributed by atoms with Crippen molar-refractivity contribution in [2.75, 3.05) is 0 Å². The van der Waals surface area contributed by atoms with Crippen LogP contribution in [0.1, 0.15) is 117 Å². The van der Waals surface area contributed by atoms with Crippen LogP contribution in [-0.2, 0) is 0 Å². The predicted molar refractivity (Wildman–Crippen MR) is 94.6 cm³/mol. The summed E-state index contributed by atoms with van der Waals surface area (Å²) in [6.45, 7) is 7.17. The predicted octanol–water partition coefficient (Wildman–Crippen LogP) is 7.51. The van der Waals surface area contributed by atoms with Gasteiger partial charge in [-0.15, -0.1) is 0 Å². The smallest absolute Gasteiger partial charge is 0.0292 e. The van der Waals surface area contributed by atoms with Gasteiger partial charge in [0.05, 0.1) is 0 Å². The van der Waals surface area contributed by atoms with Gasteiger partial charge in [0.2, 0.25) is 0 Å². The van der Waals surface area contributed by atoms with Gasteiger partial charge in [0, 0.05) is 0 Å². The first-order valence-corrected chi connectivity index (χ1v) is 10.2. The highest BCUT2D eigenvalue weighted by molar-refractivity contribution is 4.96. The average molecular weight is 293 g/mol. The lowest BCUT2D eigenvalue weighted by Crippen LogP contribution is -2.36. The third-order valence-corrected chi connectivity index (χ3v) is 6.97. The number of hydrogen-bond acceptors (Lipinski definition) is 0. The van der Waals surface area contributed by atoms with Crippen LogP contribution in [0.3, 0.4) is 0 Å². The van der Waals surface area contributed by atoms with Crippen molar-refractivity contribution < 1.29 is 0 Å². The molecule has 0 aromatic carbocycles. The summed E-state index contributed by atoms with van der Waals surface area (Å²) in [5.41, 5.74) is 1.54. The van der Waals surface area contributed by atoms with Crippen LogP contribution in [0.15, 0.2) is 0 Å². The van der Waals surface area contributed by atoms with Crippen molar-refractivity contribution in [3.63, 3.8) is 0 Å². The summed E-state index contributed by atoms with van der Waals surface area (Å²) in [5, 5.41) is 0. The van der Waals surface area contributed by atoms with Gasteiger partial charge in [-0.2, -0.15) is 0 Å². The highest BCUT2D eigenvalue weighted by Gasteiger charge is 2.45. The number of hydrogen-bond donors (Lipinski definition) is 0. The van der Waals surface area contributed by atoms with Gasteiger partial charge < -0.3 is 0 Å². The third-order valence-electron chi connectivity index (χ3n) is 6.97. The lowest BCUT2D eigenvalue weighted by molar-refractivity contribution is 0.0292. The molecule has 2 aliphatic rings. The van der Waals surface area contributed by atoms with Crippen LogP contribution in [0, 0.1) is 16.7 Å². The van der Waals surface area contributed by atoms with E-state index in [1.165, 1.54) is 57.8 Å². The van der Waals surface area contributed by atoms with Crippen LogP contribution < -0.4 is 0 Å². The van der Waals surface area contributed by atoms with Crippen molar-refractivity contribution in [1.82, 2.24) is 0 Å². The van der Waals surface area contributed by atoms with Gasteiger partial charge in [-0.3, -0.25) is 0 Å². The fourth-order valence-corrected chi connectivity index (χ4v) is 5.63. The molecule has 0 spiro atoms. The quantitative estimate of drug-likeness (QED) is 0.390. The highest BCUT2D eigenvalue weighted by atomic mass is 14.5. The van der Waals surface area contributed by atoms with Gasteiger partial charge in [-0.05, 0) is 68.1 Å². The van der Waals surface area contributed by atoms with E-state index >= 15 is 0 Å². The molecule has 1 atom stereocenters. The number of rotatable bonds is 10. The van der Waals surface area contributed by atoms with Crippen LogP contribution >= 0.6 is 0 Å². The summed E-state index contributed by atoms with van der Waals surface area (Å²) in [6, 6.07) is 0. The fraction of sp³-hybridized carbons (Fsp3) is 1.00. The Labute approximate surface area is 134 Å². The fourth-order valence-electron chi connectivity index (χ4n) is 5.63. The Hall–Kier alpha value is 0. The van der Waals surface area contributed by atoms with E-state index in [2.05, 4.69) is 20.8 Å². The SMILES string of the molecule is CCCC(CC)CCC1(CC2(CCC)CCCC2)CCC1. The van der Waals surface area contributed by atoms with Gasteiger partial charge in [0.1, 0.15) is 0 Å². The van der Waals surface area contributed by atoms with Crippen LogP contribution in [0.5, 0.6) is 0 Å². The molecule has 2 aliphatic carbocycles. The van der Waals surface area contributed by atoms with E-state index in [4.69, 9.17) is 0 Å². The van der Waals surface area contributed by atoms with E-state index < -0.39 is 0 Å². The van der Waals surface area contributed by atoms with E-state index in [1.807, 2.05) is 0 Å². The molecule has 0 aromatic rings. The maximum atomic E-state index is 2.41. The Kier molecular flexibility index (Phi) is 6.63. The lowest BCUT2D eigenvalue weighted by atomic mass is 9.57. The molecule has 0 radical (unpaired) electrons. The third kappa shape index (κ3) is 4.49. The van der Waals surface area contributed by atoms with Crippen molar-refractivity contribution in [3.05, 3.63) is 0 Å². The van der Waals surface area contributed by atoms with Gasteiger partial charge >= 0.3 is 0 Å². The maximum Gasteiger partial charge on any atom is -0.0292 e. The molecular weight excluding hydrogens is 252 g/mol.